The minimum absolute atomic E-state index is 0. The van der Waals surface area contributed by atoms with Crippen LogP contribution in [0.2, 0.25) is 10.0 Å². The van der Waals surface area contributed by atoms with E-state index in [2.05, 4.69) is 118 Å². The molecule has 2 aliphatic carbocycles. The van der Waals surface area contributed by atoms with Gasteiger partial charge in [-0.15, -0.1) is 0 Å². The van der Waals surface area contributed by atoms with E-state index >= 15 is 0 Å². The predicted molar refractivity (Wildman–Crippen MR) is 273 cm³/mol. The summed E-state index contributed by atoms with van der Waals surface area (Å²) in [6, 6.07) is 15.5. The minimum Gasteiger partial charge on any atom is -1.00 e. The van der Waals surface area contributed by atoms with Gasteiger partial charge in [0.25, 0.3) is 0 Å². The van der Waals surface area contributed by atoms with E-state index in [1.165, 1.54) is 25.3 Å². The number of halogens is 2. The number of anilines is 2. The van der Waals surface area contributed by atoms with Crippen LogP contribution in [0.25, 0.3) is 21.8 Å². The van der Waals surface area contributed by atoms with Gasteiger partial charge in [-0.05, 0) is 108 Å². The van der Waals surface area contributed by atoms with E-state index in [0.29, 0.717) is 17.5 Å². The van der Waals surface area contributed by atoms with Crippen LogP contribution in [-0.2, 0) is 67.7 Å². The van der Waals surface area contributed by atoms with E-state index in [1.54, 1.807) is 12.1 Å². The molecule has 4 atom stereocenters. The van der Waals surface area contributed by atoms with Gasteiger partial charge in [-0.3, -0.25) is 50.7 Å². The third-order valence-electron chi connectivity index (χ3n) is 9.96. The maximum Gasteiger partial charge on any atom is 1.00 e. The molecule has 0 amide bonds. The summed E-state index contributed by atoms with van der Waals surface area (Å²) in [5.41, 5.74) is 9.43. The Morgan fingerprint density at radius 3 is 1.46 bits per heavy atom. The molecule has 21 heteroatoms. The normalized spacial score (nSPS) is 16.0. The second-order valence-corrected chi connectivity index (χ2v) is 16.1. The Morgan fingerprint density at radius 2 is 1.04 bits per heavy atom. The SMILES string of the molecule is C[C-]1CC(C=O)C(CN(C)C)C1.C[C-]1CC(CNCCNc2ccnc3cc(Cl)ccc23)C(CN(C)C)C1.NCCNc1ccnc2cc(Cl)ccc12.[B].[CH-]=O.[CH-]=O.[CH-]=O.[CH-]=O.[CH-]=O.[CH-]=O.[H-].[Mn].[Mn].[Na+]. The number of aldehydes is 1. The van der Waals surface area contributed by atoms with Crippen LogP contribution in [0.3, 0.4) is 0 Å². The minimum atomic E-state index is 0. The van der Waals surface area contributed by atoms with E-state index < -0.39 is 0 Å². The average molecular weight is 1080 g/mol. The maximum absolute atomic E-state index is 10.7. The number of hydrogen-bond donors (Lipinski definition) is 4. The fourth-order valence-corrected chi connectivity index (χ4v) is 7.98. The Labute approximate surface area is 468 Å². The number of nitrogens with one attached hydrogen (secondary N) is 3. The molecule has 0 saturated heterocycles. The van der Waals surface area contributed by atoms with E-state index in [0.717, 1.165) is 102 Å². The molecule has 2 fully saturated rings. The molecule has 2 aromatic heterocycles. The summed E-state index contributed by atoms with van der Waals surface area (Å²) in [5, 5.41) is 14.0. The van der Waals surface area contributed by atoms with Gasteiger partial charge < -0.3 is 78.3 Å². The monoisotopic (exact) mass is 1080 g/mol. The number of hydrogen-bond acceptors (Lipinski definition) is 15. The van der Waals surface area contributed by atoms with Crippen molar-refractivity contribution >= 4 is 112 Å². The molecule has 0 spiro atoms. The Bertz CT molecular complexity index is 1850. The smallest absolute Gasteiger partial charge is 1.00 e. The van der Waals surface area contributed by atoms with Crippen molar-refractivity contribution in [2.24, 2.45) is 29.4 Å². The first kappa shape index (κ1) is 80.2. The first-order chi connectivity index (χ1) is 31.5. The van der Waals surface area contributed by atoms with Crippen LogP contribution in [-0.4, -0.2) is 149 Å². The number of benzene rings is 2. The van der Waals surface area contributed by atoms with Crippen molar-refractivity contribution in [3.8, 4) is 0 Å². The summed E-state index contributed by atoms with van der Waals surface area (Å²) >= 11 is 12.0. The molecule has 4 aromatic rings. The van der Waals surface area contributed by atoms with E-state index in [4.69, 9.17) is 57.7 Å². The quantitative estimate of drug-likeness (QED) is 0.0619. The van der Waals surface area contributed by atoms with E-state index in [1.807, 2.05) is 54.7 Å². The van der Waals surface area contributed by atoms with Crippen LogP contribution in [0, 0.1) is 35.5 Å². The zero-order valence-electron chi connectivity index (χ0n) is 41.7. The fraction of sp³-hybridized carbons (Fsp3) is 0.438. The van der Waals surface area contributed by atoms with Gasteiger partial charge in [0.05, 0.1) is 11.0 Å². The molecule has 6 rings (SSSR count). The number of fused-ring (bicyclic) bond motifs is 2. The molecule has 5 radical (unpaired) electrons. The Balaban J connectivity index is -0.000000126. The summed E-state index contributed by atoms with van der Waals surface area (Å²) in [7, 11) is 8.48. The fourth-order valence-electron chi connectivity index (χ4n) is 7.64. The Morgan fingerprint density at radius 1 is 0.652 bits per heavy atom. The van der Waals surface area contributed by atoms with E-state index in [9.17, 15) is 4.79 Å². The molecular weight excluding hydrogens is 1020 g/mol. The molecule has 2 aliphatic rings. The van der Waals surface area contributed by atoms with Crippen molar-refractivity contribution in [3.05, 3.63) is 82.8 Å². The standard InChI is InChI=1S/C21H30ClN4.C11H12ClN3.C10H18NO.6CHO.B.2Mn.Na.H/c1-15-10-16(17(11-15)14-26(2)3)13-23-8-9-25-20-6-7-24-21-12-18(22)4-5-19(20)21;12-8-1-2-9-10(15-6-4-13)3-5-14-11(9)7-8;1-8-4-9(6-11(2)3)10(5-8)7-12;6*1-2;;;;;/h4-7,12,16-17,23H,8-11,13-14H2,1-3H3,(H,24,25);1-3,5,7H,4,6,13H2,(H,14,15);7,9-10H,4-6H2,1-3H3;6*1H;;;;;/q-1;;7*-1;;;;+1;-1. The number of carbonyl (C=O) groups is 1. The van der Waals surface area contributed by atoms with Gasteiger partial charge in [0.1, 0.15) is 6.29 Å². The first-order valence-electron chi connectivity index (χ1n) is 20.2. The maximum atomic E-state index is 10.7. The molecule has 0 aliphatic heterocycles. The molecule has 4 unspecified atom stereocenters. The molecule has 2 heterocycles. The van der Waals surface area contributed by atoms with Crippen LogP contribution in [0.4, 0.5) is 11.4 Å². The molecule has 5 N–H and O–H groups in total. The van der Waals surface area contributed by atoms with Crippen molar-refractivity contribution < 1.29 is 98.7 Å². The number of rotatable bonds is 14. The van der Waals surface area contributed by atoms with Gasteiger partial charge in [0.2, 0.25) is 0 Å². The Hall–Kier alpha value is -2.93. The molecule has 381 valence electrons. The Kier molecular flexibility index (Phi) is 59.8. The molecule has 2 aromatic carbocycles. The predicted octanol–water partition coefficient (Wildman–Crippen LogP) is 2.78. The van der Waals surface area contributed by atoms with Gasteiger partial charge >= 0.3 is 29.6 Å². The van der Waals surface area contributed by atoms with E-state index in [-0.39, 0.29) is 79.5 Å². The van der Waals surface area contributed by atoms with Gasteiger partial charge in [0.15, 0.2) is 0 Å². The number of aromatic nitrogens is 2. The third-order valence-corrected chi connectivity index (χ3v) is 10.4. The number of carbonyl (C=O) groups excluding carboxylic acids is 7. The van der Waals surface area contributed by atoms with Crippen LogP contribution >= 0.6 is 23.2 Å². The van der Waals surface area contributed by atoms with Crippen molar-refractivity contribution in [2.75, 3.05) is 84.6 Å². The summed E-state index contributed by atoms with van der Waals surface area (Å²) in [5.74, 6) is 5.55. The zero-order chi connectivity index (χ0) is 50.3. The van der Waals surface area contributed by atoms with Crippen molar-refractivity contribution in [1.82, 2.24) is 25.1 Å². The summed E-state index contributed by atoms with van der Waals surface area (Å²) in [4.78, 5) is 70.3. The first-order valence-corrected chi connectivity index (χ1v) is 21.0. The summed E-state index contributed by atoms with van der Waals surface area (Å²) in [6.07, 6.45) is 9.44. The van der Waals surface area contributed by atoms with Crippen LogP contribution < -0.4 is 51.2 Å². The zero-order valence-corrected chi connectivity index (χ0v) is 46.6. The van der Waals surface area contributed by atoms with Crippen LogP contribution in [0.5, 0.6) is 0 Å². The van der Waals surface area contributed by atoms with Crippen molar-refractivity contribution in [1.29, 1.82) is 0 Å². The molecular formula is C48H67BCl2Mn2N8NaO7-8. The summed E-state index contributed by atoms with van der Waals surface area (Å²) in [6.45, 7) is 30.5. The van der Waals surface area contributed by atoms with Crippen LogP contribution in [0.1, 0.15) is 41.0 Å². The number of pyridine rings is 2. The van der Waals surface area contributed by atoms with Crippen LogP contribution in [0.15, 0.2) is 60.9 Å². The number of nitrogens with two attached hydrogens (primary N) is 1. The second-order valence-electron chi connectivity index (χ2n) is 15.2. The molecule has 69 heavy (non-hydrogen) atoms. The second kappa shape index (κ2) is 51.4. The number of nitrogens with zero attached hydrogens (tertiary/aromatic N) is 4. The molecule has 2 saturated carbocycles. The average Bonchev–Trinajstić information content (AvgIpc) is 3.87. The van der Waals surface area contributed by atoms with Gasteiger partial charge in [-0.1, -0.05) is 35.0 Å². The molecule has 0 bridgehead atoms. The molecule has 15 nitrogen and oxygen atoms in total. The largest absolute Gasteiger partial charge is 1.00 e. The van der Waals surface area contributed by atoms with Crippen molar-refractivity contribution in [3.63, 3.8) is 0 Å². The van der Waals surface area contributed by atoms with Gasteiger partial charge in [0, 0.05) is 113 Å². The van der Waals surface area contributed by atoms with Crippen molar-refractivity contribution in [2.45, 2.75) is 39.5 Å². The topological polar surface area (TPSA) is 214 Å². The van der Waals surface area contributed by atoms with Gasteiger partial charge in [-0.2, -0.15) is 39.5 Å². The van der Waals surface area contributed by atoms with Gasteiger partial charge in [-0.25, -0.2) is 0 Å². The summed E-state index contributed by atoms with van der Waals surface area (Å²) < 4.78 is 0. The third kappa shape index (κ3) is 32.6.